The molecular weight excluding hydrogens is 268 g/mol. The summed E-state index contributed by atoms with van der Waals surface area (Å²) in [5.41, 5.74) is 3.64. The van der Waals surface area contributed by atoms with Crippen molar-refractivity contribution in [3.63, 3.8) is 0 Å². The topological polar surface area (TPSA) is 70.9 Å². The van der Waals surface area contributed by atoms with Crippen LogP contribution in [-0.4, -0.2) is 24.3 Å². The van der Waals surface area contributed by atoms with Gasteiger partial charge in [0.15, 0.2) is 6.10 Å². The molecule has 0 bridgehead atoms. The molecule has 0 saturated heterocycles. The molecule has 0 aromatic heterocycles. The van der Waals surface area contributed by atoms with Crippen molar-refractivity contribution >= 4 is 12.1 Å². The van der Waals surface area contributed by atoms with Crippen molar-refractivity contribution in [3.05, 3.63) is 65.7 Å². The standard InChI is InChI=1S/C16H16N2O3/c1-21-14-9-7-12(8-10-14)11-17-18-16(20)15(19)13-5-3-2-4-6-13/h2-11,15,19H,1H3,(H,18,20)/b17-11+/t15-/m1/s1. The highest BCUT2D eigenvalue weighted by Crippen LogP contribution is 2.12. The van der Waals surface area contributed by atoms with Crippen LogP contribution in [0.3, 0.4) is 0 Å². The van der Waals surface area contributed by atoms with Gasteiger partial charge in [-0.1, -0.05) is 30.3 Å². The lowest BCUT2D eigenvalue weighted by Gasteiger charge is -2.08. The van der Waals surface area contributed by atoms with E-state index in [4.69, 9.17) is 4.74 Å². The van der Waals surface area contributed by atoms with E-state index in [-0.39, 0.29) is 0 Å². The number of hydrogen-bond acceptors (Lipinski definition) is 4. The van der Waals surface area contributed by atoms with E-state index in [1.807, 2.05) is 18.2 Å². The monoisotopic (exact) mass is 284 g/mol. The van der Waals surface area contributed by atoms with Crippen LogP contribution in [0.15, 0.2) is 59.7 Å². The van der Waals surface area contributed by atoms with Crippen molar-refractivity contribution in [2.75, 3.05) is 7.11 Å². The number of nitrogens with one attached hydrogen (secondary N) is 1. The van der Waals surface area contributed by atoms with Crippen molar-refractivity contribution in [1.29, 1.82) is 0 Å². The van der Waals surface area contributed by atoms with Crippen LogP contribution < -0.4 is 10.2 Å². The number of amides is 1. The molecule has 5 heteroatoms. The first-order valence-electron chi connectivity index (χ1n) is 6.40. The number of methoxy groups -OCH3 is 1. The molecule has 2 aromatic rings. The van der Waals surface area contributed by atoms with E-state index in [0.717, 1.165) is 11.3 Å². The van der Waals surface area contributed by atoms with Crippen LogP contribution in [0, 0.1) is 0 Å². The van der Waals surface area contributed by atoms with Gasteiger partial charge in [0.25, 0.3) is 5.91 Å². The Bertz CT molecular complexity index is 609. The second-order valence-electron chi connectivity index (χ2n) is 4.32. The predicted molar refractivity (Wildman–Crippen MR) is 80.1 cm³/mol. The predicted octanol–water partition coefficient (Wildman–Crippen LogP) is 1.88. The maximum Gasteiger partial charge on any atom is 0.273 e. The summed E-state index contributed by atoms with van der Waals surface area (Å²) in [6, 6.07) is 15.9. The Balaban J connectivity index is 1.92. The number of benzene rings is 2. The molecule has 1 amide bonds. The number of hydrogen-bond donors (Lipinski definition) is 2. The van der Waals surface area contributed by atoms with Crippen molar-refractivity contribution in [1.82, 2.24) is 5.43 Å². The first kappa shape index (κ1) is 14.7. The van der Waals surface area contributed by atoms with Gasteiger partial charge in [0.2, 0.25) is 0 Å². The molecule has 0 spiro atoms. The largest absolute Gasteiger partial charge is 0.497 e. The number of aliphatic hydroxyl groups excluding tert-OH is 1. The molecular formula is C16H16N2O3. The lowest BCUT2D eigenvalue weighted by molar-refractivity contribution is -0.129. The molecule has 0 radical (unpaired) electrons. The van der Waals surface area contributed by atoms with Gasteiger partial charge in [0.05, 0.1) is 13.3 Å². The molecule has 0 aliphatic heterocycles. The van der Waals surface area contributed by atoms with Crippen molar-refractivity contribution in [3.8, 4) is 5.75 Å². The summed E-state index contributed by atoms with van der Waals surface area (Å²) in [5.74, 6) is 0.168. The average molecular weight is 284 g/mol. The molecule has 1 atom stereocenters. The van der Waals surface area contributed by atoms with Crippen molar-refractivity contribution in [2.45, 2.75) is 6.10 Å². The number of hydrazone groups is 1. The van der Waals surface area contributed by atoms with Gasteiger partial charge in [-0.25, -0.2) is 5.43 Å². The van der Waals surface area contributed by atoms with Gasteiger partial charge in [-0.3, -0.25) is 4.79 Å². The molecule has 0 fully saturated rings. The number of nitrogens with zero attached hydrogens (tertiary/aromatic N) is 1. The van der Waals surface area contributed by atoms with Crippen LogP contribution in [0.1, 0.15) is 17.2 Å². The second-order valence-corrected chi connectivity index (χ2v) is 4.32. The third-order valence-electron chi connectivity index (χ3n) is 2.87. The maximum atomic E-state index is 11.7. The molecule has 2 rings (SSSR count). The van der Waals surface area contributed by atoms with Gasteiger partial charge >= 0.3 is 0 Å². The summed E-state index contributed by atoms with van der Waals surface area (Å²) in [7, 11) is 1.59. The SMILES string of the molecule is COc1ccc(/C=N/NC(=O)[C@H](O)c2ccccc2)cc1. The second kappa shape index (κ2) is 7.21. The molecule has 2 N–H and O–H groups in total. The summed E-state index contributed by atoms with van der Waals surface area (Å²) in [4.78, 5) is 11.7. The van der Waals surface area contributed by atoms with Gasteiger partial charge in [0.1, 0.15) is 5.75 Å². The lowest BCUT2D eigenvalue weighted by Crippen LogP contribution is -2.25. The van der Waals surface area contributed by atoms with Crippen LogP contribution in [0.25, 0.3) is 0 Å². The Morgan fingerprint density at radius 3 is 2.48 bits per heavy atom. The molecule has 0 aliphatic rings. The Kier molecular flexibility index (Phi) is 5.06. The van der Waals surface area contributed by atoms with Gasteiger partial charge < -0.3 is 9.84 Å². The smallest absolute Gasteiger partial charge is 0.273 e. The summed E-state index contributed by atoms with van der Waals surface area (Å²) >= 11 is 0. The van der Waals surface area contributed by atoms with Gasteiger partial charge in [-0.2, -0.15) is 5.10 Å². The quantitative estimate of drug-likeness (QED) is 0.650. The number of carbonyl (C=O) groups excluding carboxylic acids is 1. The van der Waals surface area contributed by atoms with E-state index in [0.29, 0.717) is 5.56 Å². The highest BCUT2D eigenvalue weighted by molar-refractivity contribution is 5.85. The number of carbonyl (C=O) groups is 1. The highest BCUT2D eigenvalue weighted by atomic mass is 16.5. The molecule has 2 aromatic carbocycles. The lowest BCUT2D eigenvalue weighted by atomic mass is 10.1. The van der Waals surface area contributed by atoms with E-state index in [9.17, 15) is 9.90 Å². The Morgan fingerprint density at radius 1 is 1.19 bits per heavy atom. The first-order valence-corrected chi connectivity index (χ1v) is 6.40. The third kappa shape index (κ3) is 4.15. The Morgan fingerprint density at radius 2 is 1.86 bits per heavy atom. The highest BCUT2D eigenvalue weighted by Gasteiger charge is 2.15. The van der Waals surface area contributed by atoms with Gasteiger partial charge in [-0.05, 0) is 35.4 Å². The molecule has 0 saturated carbocycles. The van der Waals surface area contributed by atoms with Crippen molar-refractivity contribution in [2.24, 2.45) is 5.10 Å². The molecule has 5 nitrogen and oxygen atoms in total. The van der Waals surface area contributed by atoms with E-state index < -0.39 is 12.0 Å². The van der Waals surface area contributed by atoms with Crippen LogP contribution >= 0.6 is 0 Å². The minimum atomic E-state index is -1.24. The number of aliphatic hydroxyl groups is 1. The fourth-order valence-corrected chi connectivity index (χ4v) is 1.71. The number of ether oxygens (including phenoxy) is 1. The Labute approximate surface area is 122 Å². The third-order valence-corrected chi connectivity index (χ3v) is 2.87. The average Bonchev–Trinajstić information content (AvgIpc) is 2.55. The Hall–Kier alpha value is -2.66. The molecule has 21 heavy (non-hydrogen) atoms. The summed E-state index contributed by atoms with van der Waals surface area (Å²) < 4.78 is 5.05. The minimum Gasteiger partial charge on any atom is -0.497 e. The molecule has 108 valence electrons. The van der Waals surface area contributed by atoms with Gasteiger partial charge in [0, 0.05) is 0 Å². The summed E-state index contributed by atoms with van der Waals surface area (Å²) in [6.45, 7) is 0. The van der Waals surface area contributed by atoms with E-state index in [1.165, 1.54) is 6.21 Å². The van der Waals surface area contributed by atoms with Crippen LogP contribution in [-0.2, 0) is 4.79 Å². The zero-order valence-corrected chi connectivity index (χ0v) is 11.6. The van der Waals surface area contributed by atoms with E-state index >= 15 is 0 Å². The zero-order valence-electron chi connectivity index (χ0n) is 11.6. The maximum absolute atomic E-state index is 11.7. The summed E-state index contributed by atoms with van der Waals surface area (Å²) in [6.07, 6.45) is 0.258. The first-order chi connectivity index (χ1) is 10.2. The van der Waals surface area contributed by atoms with Gasteiger partial charge in [-0.15, -0.1) is 0 Å². The fraction of sp³-hybridized carbons (Fsp3) is 0.125. The normalized spacial score (nSPS) is 12.1. The molecule has 0 heterocycles. The molecule has 0 unspecified atom stereocenters. The summed E-state index contributed by atoms with van der Waals surface area (Å²) in [5, 5.41) is 13.7. The van der Waals surface area contributed by atoms with Crippen molar-refractivity contribution < 1.29 is 14.6 Å². The van der Waals surface area contributed by atoms with Crippen LogP contribution in [0.2, 0.25) is 0 Å². The van der Waals surface area contributed by atoms with Crippen LogP contribution in [0.5, 0.6) is 5.75 Å². The molecule has 0 aliphatic carbocycles. The van der Waals surface area contributed by atoms with Crippen LogP contribution in [0.4, 0.5) is 0 Å². The van der Waals surface area contributed by atoms with E-state index in [2.05, 4.69) is 10.5 Å². The zero-order chi connectivity index (χ0) is 15.1. The number of rotatable bonds is 5. The minimum absolute atomic E-state index is 0.523. The fourth-order valence-electron chi connectivity index (χ4n) is 1.71. The van der Waals surface area contributed by atoms with E-state index in [1.54, 1.807) is 43.5 Å².